The predicted octanol–water partition coefficient (Wildman–Crippen LogP) is 5.00. The number of allylic oxidation sites excluding steroid dienone is 1. The average Bonchev–Trinajstić information content (AvgIpc) is 3.21. The predicted molar refractivity (Wildman–Crippen MR) is 140 cm³/mol. The number of Topliss-reactive ketones (excluding diaryl/α,β-unsaturated/α-hetero) is 1. The number of phenolic OH excluding ortho intramolecular Hbond substituents is 1. The van der Waals surface area contributed by atoms with Crippen molar-refractivity contribution < 1.29 is 24.1 Å². The number of benzene rings is 3. The van der Waals surface area contributed by atoms with Gasteiger partial charge >= 0.3 is 0 Å². The molecule has 0 bridgehead atoms. The first-order valence-electron chi connectivity index (χ1n) is 11.7. The maximum Gasteiger partial charge on any atom is 0.231 e. The van der Waals surface area contributed by atoms with Crippen LogP contribution in [0.3, 0.4) is 0 Å². The Hall–Kier alpha value is -3.68. The Morgan fingerprint density at radius 3 is 2.56 bits per heavy atom. The number of ketones is 1. The van der Waals surface area contributed by atoms with Crippen LogP contribution in [0.2, 0.25) is 5.02 Å². The highest BCUT2D eigenvalue weighted by atomic mass is 35.5. The largest absolute Gasteiger partial charge is 0.507 e. The van der Waals surface area contributed by atoms with Crippen LogP contribution in [0, 0.1) is 0 Å². The molecule has 8 heteroatoms. The lowest BCUT2D eigenvalue weighted by Gasteiger charge is -2.36. The second-order valence-electron chi connectivity index (χ2n) is 8.73. The number of carbonyl (C=O) groups excluding carboxylic acids is 1. The zero-order chi connectivity index (χ0) is 25.2. The number of rotatable bonds is 6. The highest BCUT2D eigenvalue weighted by Crippen LogP contribution is 2.41. The SMILES string of the molecule is COc1ccc(OC)c(/C=C2/Oc3c(ccc(O)c3CN3CCN(c4cccc(Cl)c4)CC3)C2=O)c1. The van der Waals surface area contributed by atoms with E-state index in [9.17, 15) is 9.90 Å². The van der Waals surface area contributed by atoms with Gasteiger partial charge in [0.15, 0.2) is 5.76 Å². The highest BCUT2D eigenvalue weighted by molar-refractivity contribution is 6.30. The van der Waals surface area contributed by atoms with Gasteiger partial charge in [0.1, 0.15) is 23.0 Å². The number of halogens is 1. The van der Waals surface area contributed by atoms with E-state index in [4.69, 9.17) is 25.8 Å². The monoisotopic (exact) mass is 506 g/mol. The van der Waals surface area contributed by atoms with Gasteiger partial charge in [-0.25, -0.2) is 0 Å². The molecule has 5 rings (SSSR count). The van der Waals surface area contributed by atoms with Crippen LogP contribution in [0.5, 0.6) is 23.0 Å². The summed E-state index contributed by atoms with van der Waals surface area (Å²) in [7, 11) is 3.15. The van der Waals surface area contributed by atoms with E-state index in [0.29, 0.717) is 40.5 Å². The van der Waals surface area contributed by atoms with Gasteiger partial charge in [0.25, 0.3) is 0 Å². The number of phenols is 1. The summed E-state index contributed by atoms with van der Waals surface area (Å²) >= 11 is 6.15. The molecule has 0 unspecified atom stereocenters. The molecule has 0 aliphatic carbocycles. The van der Waals surface area contributed by atoms with Crippen molar-refractivity contribution in [2.75, 3.05) is 45.3 Å². The second kappa shape index (κ2) is 10.1. The molecule has 0 atom stereocenters. The minimum absolute atomic E-state index is 0.110. The summed E-state index contributed by atoms with van der Waals surface area (Å²) in [6.45, 7) is 3.73. The topological polar surface area (TPSA) is 71.5 Å². The van der Waals surface area contributed by atoms with Gasteiger partial charge in [0.2, 0.25) is 5.78 Å². The molecule has 1 N–H and O–H groups in total. The first kappa shape index (κ1) is 24.0. The summed E-state index contributed by atoms with van der Waals surface area (Å²) in [6.07, 6.45) is 1.65. The quantitative estimate of drug-likeness (QED) is 0.472. The van der Waals surface area contributed by atoms with Crippen LogP contribution in [0.4, 0.5) is 5.69 Å². The van der Waals surface area contributed by atoms with Gasteiger partial charge in [-0.3, -0.25) is 9.69 Å². The van der Waals surface area contributed by atoms with E-state index in [2.05, 4.69) is 15.9 Å². The van der Waals surface area contributed by atoms with Crippen LogP contribution < -0.4 is 19.1 Å². The van der Waals surface area contributed by atoms with Crippen LogP contribution in [-0.4, -0.2) is 56.2 Å². The number of methoxy groups -OCH3 is 2. The molecule has 2 aliphatic heterocycles. The fourth-order valence-electron chi connectivity index (χ4n) is 4.60. The number of fused-ring (bicyclic) bond motifs is 1. The van der Waals surface area contributed by atoms with E-state index in [1.54, 1.807) is 50.6 Å². The number of piperazine rings is 1. The van der Waals surface area contributed by atoms with Crippen molar-refractivity contribution in [3.8, 4) is 23.0 Å². The van der Waals surface area contributed by atoms with E-state index in [1.165, 1.54) is 0 Å². The average molecular weight is 507 g/mol. The number of anilines is 1. The zero-order valence-corrected chi connectivity index (χ0v) is 20.9. The Kier molecular flexibility index (Phi) is 6.76. The maximum absolute atomic E-state index is 13.2. The van der Waals surface area contributed by atoms with Gasteiger partial charge in [-0.15, -0.1) is 0 Å². The molecular weight excluding hydrogens is 480 g/mol. The van der Waals surface area contributed by atoms with Gasteiger partial charge in [-0.1, -0.05) is 17.7 Å². The standard InChI is InChI=1S/C28H27ClN2O5/c1-34-21-6-9-25(35-2)18(14-21)15-26-27(33)22-7-8-24(32)23(28(22)36-26)17-30-10-12-31(13-11-30)20-5-3-4-19(29)16-20/h3-9,14-16,32H,10-13,17H2,1-2H3/b26-15+. The number of hydrogen-bond donors (Lipinski definition) is 1. The Labute approximate surface area is 215 Å². The number of ether oxygens (including phenoxy) is 3. The Balaban J connectivity index is 1.35. The summed E-state index contributed by atoms with van der Waals surface area (Å²) in [6, 6.07) is 16.4. The second-order valence-corrected chi connectivity index (χ2v) is 9.17. The molecule has 36 heavy (non-hydrogen) atoms. The van der Waals surface area contributed by atoms with Crippen molar-refractivity contribution in [2.24, 2.45) is 0 Å². The lowest BCUT2D eigenvalue weighted by molar-refractivity contribution is 0.101. The molecule has 1 saturated heterocycles. The molecular formula is C28H27ClN2O5. The maximum atomic E-state index is 13.2. The number of carbonyl (C=O) groups is 1. The van der Waals surface area contributed by atoms with Gasteiger partial charge in [0, 0.05) is 49.0 Å². The Morgan fingerprint density at radius 1 is 1.03 bits per heavy atom. The number of aromatic hydroxyl groups is 1. The van der Waals surface area contributed by atoms with Crippen LogP contribution >= 0.6 is 11.6 Å². The highest BCUT2D eigenvalue weighted by Gasteiger charge is 2.32. The third kappa shape index (κ3) is 4.72. The van der Waals surface area contributed by atoms with E-state index >= 15 is 0 Å². The molecule has 7 nitrogen and oxygen atoms in total. The third-order valence-electron chi connectivity index (χ3n) is 6.57. The zero-order valence-electron chi connectivity index (χ0n) is 20.2. The summed E-state index contributed by atoms with van der Waals surface area (Å²) in [5.74, 6) is 1.69. The molecule has 0 amide bonds. The van der Waals surface area contributed by atoms with Crippen LogP contribution in [0.25, 0.3) is 6.08 Å². The van der Waals surface area contributed by atoms with Gasteiger partial charge in [-0.05, 0) is 54.6 Å². The third-order valence-corrected chi connectivity index (χ3v) is 6.80. The molecule has 2 aliphatic rings. The molecule has 0 saturated carbocycles. The number of hydrogen-bond acceptors (Lipinski definition) is 7. The van der Waals surface area contributed by atoms with Crippen molar-refractivity contribution in [1.82, 2.24) is 4.90 Å². The van der Waals surface area contributed by atoms with Gasteiger partial charge < -0.3 is 24.2 Å². The van der Waals surface area contributed by atoms with Crippen molar-refractivity contribution >= 4 is 29.1 Å². The van der Waals surface area contributed by atoms with E-state index < -0.39 is 0 Å². The summed E-state index contributed by atoms with van der Waals surface area (Å²) in [5.41, 5.74) is 2.81. The van der Waals surface area contributed by atoms with E-state index in [-0.39, 0.29) is 17.3 Å². The molecule has 0 aromatic heterocycles. The normalized spacial score (nSPS) is 16.7. The smallest absolute Gasteiger partial charge is 0.231 e. The first-order chi connectivity index (χ1) is 17.5. The minimum atomic E-state index is -0.234. The van der Waals surface area contributed by atoms with Crippen LogP contribution in [0.15, 0.2) is 60.4 Å². The number of nitrogens with zero attached hydrogens (tertiary/aromatic N) is 2. The van der Waals surface area contributed by atoms with Crippen LogP contribution in [0.1, 0.15) is 21.5 Å². The first-order valence-corrected chi connectivity index (χ1v) is 12.1. The lowest BCUT2D eigenvalue weighted by Crippen LogP contribution is -2.46. The molecule has 0 radical (unpaired) electrons. The molecule has 1 fully saturated rings. The van der Waals surface area contributed by atoms with Crippen molar-refractivity contribution in [3.63, 3.8) is 0 Å². The van der Waals surface area contributed by atoms with E-state index in [1.807, 2.05) is 18.2 Å². The lowest BCUT2D eigenvalue weighted by atomic mass is 10.0. The van der Waals surface area contributed by atoms with Crippen LogP contribution in [-0.2, 0) is 6.54 Å². The summed E-state index contributed by atoms with van der Waals surface area (Å²) in [5, 5.41) is 11.4. The van der Waals surface area contributed by atoms with Crippen molar-refractivity contribution in [1.29, 1.82) is 0 Å². The van der Waals surface area contributed by atoms with Crippen molar-refractivity contribution in [2.45, 2.75) is 6.54 Å². The fraction of sp³-hybridized carbons (Fsp3) is 0.250. The molecule has 186 valence electrons. The summed E-state index contributed by atoms with van der Waals surface area (Å²) < 4.78 is 16.8. The molecule has 0 spiro atoms. The van der Waals surface area contributed by atoms with E-state index in [0.717, 1.165) is 36.9 Å². The Morgan fingerprint density at radius 2 is 1.83 bits per heavy atom. The fourth-order valence-corrected chi connectivity index (χ4v) is 4.79. The molecule has 3 aromatic carbocycles. The molecule has 3 aromatic rings. The van der Waals surface area contributed by atoms with Crippen molar-refractivity contribution in [3.05, 3.63) is 82.1 Å². The van der Waals surface area contributed by atoms with Gasteiger partial charge in [0.05, 0.1) is 25.3 Å². The molecule has 2 heterocycles. The minimum Gasteiger partial charge on any atom is -0.507 e. The summed E-state index contributed by atoms with van der Waals surface area (Å²) in [4.78, 5) is 17.7. The Bertz CT molecular complexity index is 1330. The van der Waals surface area contributed by atoms with Gasteiger partial charge in [-0.2, -0.15) is 0 Å².